The first kappa shape index (κ1) is 29.0. The molecule has 3 nitrogen and oxygen atoms in total. The van der Waals surface area contributed by atoms with E-state index in [-0.39, 0.29) is 10.3 Å². The summed E-state index contributed by atoms with van der Waals surface area (Å²) >= 11 is 1.85. The second-order valence-electron chi connectivity index (χ2n) is 13.9. The third-order valence-electron chi connectivity index (χ3n) is 10.4. The first-order chi connectivity index (χ1) is 23.3. The van der Waals surface area contributed by atoms with Crippen molar-refractivity contribution >= 4 is 60.2 Å². The molecule has 0 N–H and O–H groups in total. The number of fused-ring (bicyclic) bond motifs is 6. The van der Waals surface area contributed by atoms with Crippen LogP contribution in [0.25, 0.3) is 71.3 Å². The number of aliphatic imine (C=N–C) groups is 1. The van der Waals surface area contributed by atoms with Crippen molar-refractivity contribution in [3.05, 3.63) is 145 Å². The normalized spacial score (nSPS) is 15.5. The SMILES string of the molecule is CC1(C)N=C(c2cncc(-c3cc4c(c5ccccc35)c3ccc(-c5ccc6ccccc6c5)cc3n4-c3ccccc3)c2)SC1(C)C. The summed E-state index contributed by atoms with van der Waals surface area (Å²) in [6.07, 6.45) is 3.96. The molecule has 0 saturated carbocycles. The topological polar surface area (TPSA) is 30.2 Å². The summed E-state index contributed by atoms with van der Waals surface area (Å²) in [6, 6.07) is 46.5. The third kappa shape index (κ3) is 4.51. The van der Waals surface area contributed by atoms with E-state index in [0.29, 0.717) is 0 Å². The number of para-hydroxylation sites is 1. The summed E-state index contributed by atoms with van der Waals surface area (Å²) in [5.41, 5.74) is 9.12. The van der Waals surface area contributed by atoms with Crippen molar-refractivity contribution in [3.8, 4) is 27.9 Å². The van der Waals surface area contributed by atoms with Crippen molar-refractivity contribution in [3.63, 3.8) is 0 Å². The van der Waals surface area contributed by atoms with Crippen LogP contribution in [0.15, 0.2) is 145 Å². The van der Waals surface area contributed by atoms with E-state index in [1.807, 2.05) is 24.2 Å². The zero-order valence-electron chi connectivity index (χ0n) is 27.5. The Morgan fingerprint density at radius 1 is 0.542 bits per heavy atom. The van der Waals surface area contributed by atoms with E-state index in [0.717, 1.165) is 21.9 Å². The van der Waals surface area contributed by atoms with Crippen LogP contribution in [-0.4, -0.2) is 24.9 Å². The monoisotopic (exact) mass is 637 g/mol. The number of benzene rings is 6. The van der Waals surface area contributed by atoms with Gasteiger partial charge in [-0.2, -0.15) is 0 Å². The van der Waals surface area contributed by atoms with E-state index in [1.165, 1.54) is 60.0 Å². The van der Waals surface area contributed by atoms with Crippen LogP contribution in [0.3, 0.4) is 0 Å². The summed E-state index contributed by atoms with van der Waals surface area (Å²) < 4.78 is 2.44. The van der Waals surface area contributed by atoms with Gasteiger partial charge in [-0.3, -0.25) is 9.98 Å². The molecule has 232 valence electrons. The molecule has 6 aromatic carbocycles. The minimum Gasteiger partial charge on any atom is -0.309 e. The highest BCUT2D eigenvalue weighted by Gasteiger charge is 2.44. The fourth-order valence-corrected chi connectivity index (χ4v) is 8.41. The lowest BCUT2D eigenvalue weighted by molar-refractivity contribution is 0.426. The number of hydrogen-bond donors (Lipinski definition) is 0. The summed E-state index contributed by atoms with van der Waals surface area (Å²) in [6.45, 7) is 9.00. The predicted molar refractivity (Wildman–Crippen MR) is 207 cm³/mol. The second-order valence-corrected chi connectivity index (χ2v) is 15.5. The highest BCUT2D eigenvalue weighted by atomic mass is 32.2. The number of nitrogens with zero attached hydrogens (tertiary/aromatic N) is 3. The Bertz CT molecular complexity index is 2590. The Morgan fingerprint density at radius 3 is 2.02 bits per heavy atom. The molecule has 0 aliphatic carbocycles. The van der Waals surface area contributed by atoms with Crippen LogP contribution >= 0.6 is 11.8 Å². The van der Waals surface area contributed by atoms with Crippen LogP contribution in [0, 0.1) is 0 Å². The summed E-state index contributed by atoms with van der Waals surface area (Å²) in [5.74, 6) is 0. The molecule has 9 rings (SSSR count). The zero-order chi connectivity index (χ0) is 32.6. The first-order valence-corrected chi connectivity index (χ1v) is 17.4. The van der Waals surface area contributed by atoms with Crippen LogP contribution in [0.1, 0.15) is 33.3 Å². The number of hydrogen-bond acceptors (Lipinski definition) is 3. The maximum Gasteiger partial charge on any atom is 0.101 e. The molecule has 2 aromatic heterocycles. The lowest BCUT2D eigenvalue weighted by atomic mass is 9.90. The van der Waals surface area contributed by atoms with Gasteiger partial charge in [-0.25, -0.2) is 0 Å². The minimum absolute atomic E-state index is 0.00622. The Kier molecular flexibility index (Phi) is 6.44. The Labute approximate surface area is 285 Å². The quantitative estimate of drug-likeness (QED) is 0.192. The van der Waals surface area contributed by atoms with Gasteiger partial charge >= 0.3 is 0 Å². The molecule has 0 bridgehead atoms. The fraction of sp³-hybridized carbons (Fsp3) is 0.136. The number of thioether (sulfide) groups is 1. The Balaban J connectivity index is 1.31. The summed E-state index contributed by atoms with van der Waals surface area (Å²) in [4.78, 5) is 9.94. The molecule has 0 atom stereocenters. The van der Waals surface area contributed by atoms with Gasteiger partial charge < -0.3 is 4.57 Å². The maximum absolute atomic E-state index is 5.16. The molecule has 0 saturated heterocycles. The lowest BCUT2D eigenvalue weighted by Crippen LogP contribution is -2.36. The molecular formula is C44H35N3S. The maximum atomic E-state index is 5.16. The largest absolute Gasteiger partial charge is 0.309 e. The fourth-order valence-electron chi connectivity index (χ4n) is 7.13. The van der Waals surface area contributed by atoms with Crippen molar-refractivity contribution < 1.29 is 0 Å². The van der Waals surface area contributed by atoms with Gasteiger partial charge in [0.2, 0.25) is 0 Å². The van der Waals surface area contributed by atoms with E-state index in [4.69, 9.17) is 9.98 Å². The van der Waals surface area contributed by atoms with E-state index >= 15 is 0 Å². The van der Waals surface area contributed by atoms with Crippen molar-refractivity contribution in [2.24, 2.45) is 4.99 Å². The number of aromatic nitrogens is 2. The van der Waals surface area contributed by atoms with Crippen molar-refractivity contribution in [2.75, 3.05) is 0 Å². The Morgan fingerprint density at radius 2 is 1.23 bits per heavy atom. The van der Waals surface area contributed by atoms with E-state index in [2.05, 4.69) is 160 Å². The number of rotatable bonds is 4. The second kappa shape index (κ2) is 10.7. The number of pyridine rings is 1. The molecule has 0 spiro atoms. The first-order valence-electron chi connectivity index (χ1n) is 16.6. The van der Waals surface area contributed by atoms with E-state index in [1.54, 1.807) is 0 Å². The minimum atomic E-state index is -0.156. The van der Waals surface area contributed by atoms with Gasteiger partial charge in [-0.1, -0.05) is 103 Å². The highest BCUT2D eigenvalue weighted by molar-refractivity contribution is 8.15. The predicted octanol–water partition coefficient (Wildman–Crippen LogP) is 11.9. The van der Waals surface area contributed by atoms with Crippen molar-refractivity contribution in [1.82, 2.24) is 9.55 Å². The van der Waals surface area contributed by atoms with E-state index < -0.39 is 0 Å². The molecule has 0 unspecified atom stereocenters. The molecule has 1 aliphatic rings. The van der Waals surface area contributed by atoms with Gasteiger partial charge in [0.1, 0.15) is 5.04 Å². The van der Waals surface area contributed by atoms with Gasteiger partial charge in [0, 0.05) is 44.7 Å². The molecule has 0 radical (unpaired) electrons. The van der Waals surface area contributed by atoms with Crippen LogP contribution in [-0.2, 0) is 0 Å². The van der Waals surface area contributed by atoms with Gasteiger partial charge in [-0.05, 0) is 102 Å². The molecule has 48 heavy (non-hydrogen) atoms. The average Bonchev–Trinajstić information content (AvgIpc) is 3.56. The van der Waals surface area contributed by atoms with Crippen molar-refractivity contribution in [1.29, 1.82) is 0 Å². The van der Waals surface area contributed by atoms with Gasteiger partial charge in [0.15, 0.2) is 0 Å². The van der Waals surface area contributed by atoms with Crippen molar-refractivity contribution in [2.45, 2.75) is 38.0 Å². The van der Waals surface area contributed by atoms with Gasteiger partial charge in [-0.15, -0.1) is 0 Å². The van der Waals surface area contributed by atoms with E-state index in [9.17, 15) is 0 Å². The molecule has 0 amide bonds. The van der Waals surface area contributed by atoms with Crippen LogP contribution in [0.2, 0.25) is 0 Å². The smallest absolute Gasteiger partial charge is 0.101 e. The summed E-state index contributed by atoms with van der Waals surface area (Å²) in [5, 5.41) is 8.53. The molecule has 8 aromatic rings. The average molecular weight is 638 g/mol. The van der Waals surface area contributed by atoms with Crippen LogP contribution in [0.5, 0.6) is 0 Å². The Hall–Kier alpha value is -5.19. The summed E-state index contributed by atoms with van der Waals surface area (Å²) in [7, 11) is 0. The standard InChI is InChI=1S/C44H35N3S/c1-43(2)44(3,4)48-42(46-43)33-23-32(26-45-27-33)38-25-40-41(36-17-11-10-16-35(36)38)37-21-20-31(24-39(37)47(40)34-14-6-5-7-15-34)30-19-18-28-12-8-9-13-29(28)22-30/h5-27H,1-4H3. The molecule has 1 aliphatic heterocycles. The molecule has 0 fully saturated rings. The van der Waals surface area contributed by atoms with Crippen LogP contribution in [0.4, 0.5) is 0 Å². The van der Waals surface area contributed by atoms with Crippen LogP contribution < -0.4 is 0 Å². The van der Waals surface area contributed by atoms with Gasteiger partial charge in [0.05, 0.1) is 16.6 Å². The molecule has 3 heterocycles. The zero-order valence-corrected chi connectivity index (χ0v) is 28.3. The molecule has 4 heteroatoms. The van der Waals surface area contributed by atoms with Gasteiger partial charge in [0.25, 0.3) is 0 Å². The highest BCUT2D eigenvalue weighted by Crippen LogP contribution is 2.47. The molecular weight excluding hydrogens is 603 g/mol. The third-order valence-corrected chi connectivity index (χ3v) is 11.9. The lowest BCUT2D eigenvalue weighted by Gasteiger charge is -2.30.